The van der Waals surface area contributed by atoms with Crippen molar-refractivity contribution in [3.63, 3.8) is 0 Å². The SMILES string of the molecule is CNC(=O)c1cc(Nc2nc(-c3ccc4c(c3)N(C3CC(N5CCCCC5)C3)CC4(C)C)cc3ncn(C4CC4)c23)ccc1C. The second kappa shape index (κ2) is 10.9. The molecule has 2 aliphatic heterocycles. The first-order valence-corrected chi connectivity index (χ1v) is 16.9. The molecule has 1 amide bonds. The molecule has 0 radical (unpaired) electrons. The van der Waals surface area contributed by atoms with E-state index in [2.05, 4.69) is 63.1 Å². The number of hydrogen-bond acceptors (Lipinski definition) is 6. The van der Waals surface area contributed by atoms with Crippen LogP contribution in [0.25, 0.3) is 22.3 Å². The van der Waals surface area contributed by atoms with Crippen molar-refractivity contribution in [2.24, 2.45) is 0 Å². The molecule has 1 saturated heterocycles. The van der Waals surface area contributed by atoms with Crippen molar-refractivity contribution in [3.05, 3.63) is 65.5 Å². The summed E-state index contributed by atoms with van der Waals surface area (Å²) < 4.78 is 2.27. The van der Waals surface area contributed by atoms with Gasteiger partial charge in [-0.3, -0.25) is 4.79 Å². The summed E-state index contributed by atoms with van der Waals surface area (Å²) in [6, 6.07) is 16.8. The van der Waals surface area contributed by atoms with Crippen LogP contribution in [0.2, 0.25) is 0 Å². The van der Waals surface area contributed by atoms with Crippen LogP contribution in [-0.2, 0) is 5.41 Å². The molecule has 0 atom stereocenters. The Morgan fingerprint density at radius 1 is 0.956 bits per heavy atom. The molecule has 0 spiro atoms. The van der Waals surface area contributed by atoms with E-state index in [1.807, 2.05) is 31.5 Å². The number of piperidine rings is 1. The second-order valence-electron chi connectivity index (χ2n) is 14.5. The van der Waals surface area contributed by atoms with E-state index in [1.165, 1.54) is 56.4 Å². The van der Waals surface area contributed by atoms with E-state index in [0.29, 0.717) is 17.6 Å². The number of fused-ring (bicyclic) bond motifs is 2. The first-order chi connectivity index (χ1) is 21.8. The van der Waals surface area contributed by atoms with Crippen molar-refractivity contribution in [2.45, 2.75) is 89.3 Å². The number of carbonyl (C=O) groups excluding carboxylic acids is 1. The van der Waals surface area contributed by atoms with E-state index < -0.39 is 0 Å². The number of nitrogens with one attached hydrogen (secondary N) is 2. The number of aromatic nitrogens is 3. The van der Waals surface area contributed by atoms with Gasteiger partial charge in [-0.2, -0.15) is 0 Å². The summed E-state index contributed by atoms with van der Waals surface area (Å²) in [5.41, 5.74) is 9.34. The molecule has 4 aromatic rings. The number of imidazole rings is 1. The minimum Gasteiger partial charge on any atom is -0.367 e. The van der Waals surface area contributed by atoms with Crippen LogP contribution in [0.4, 0.5) is 17.2 Å². The molecule has 2 aliphatic carbocycles. The fourth-order valence-electron chi connectivity index (χ4n) is 7.96. The monoisotopic (exact) mass is 603 g/mol. The average molecular weight is 604 g/mol. The number of benzene rings is 2. The number of anilines is 3. The third-order valence-electron chi connectivity index (χ3n) is 10.8. The van der Waals surface area contributed by atoms with Gasteiger partial charge in [0, 0.05) is 59.6 Å². The number of likely N-dealkylation sites (tertiary alicyclic amines) is 1. The molecule has 4 heterocycles. The Kier molecular flexibility index (Phi) is 6.89. The van der Waals surface area contributed by atoms with E-state index in [0.717, 1.165) is 64.8 Å². The van der Waals surface area contributed by atoms with Gasteiger partial charge in [-0.05, 0) is 93.9 Å². The fraction of sp³-hybridized carbons (Fsp3) is 0.486. The Balaban J connectivity index is 1.14. The van der Waals surface area contributed by atoms with Crippen LogP contribution in [0, 0.1) is 6.92 Å². The molecule has 2 saturated carbocycles. The third-order valence-corrected chi connectivity index (χ3v) is 10.8. The van der Waals surface area contributed by atoms with Gasteiger partial charge in [-0.1, -0.05) is 38.5 Å². The standard InChI is InChI=1S/C37H45N7O/c1-23-8-10-25(17-29(23)36(45)38-4)40-35-34-32(39-22-44(34)26-11-12-26)20-31(41-35)24-9-13-30-33(16-24)43(21-37(30,2)3)28-18-27(19-28)42-14-6-5-7-15-42/h8-10,13,16-17,20,22,26-28H,5-7,11-12,14-15,18-19,21H2,1-4H3,(H,38,45)(H,40,41). The second-order valence-corrected chi connectivity index (χ2v) is 14.5. The van der Waals surface area contributed by atoms with Crippen molar-refractivity contribution in [2.75, 3.05) is 36.9 Å². The lowest BCUT2D eigenvalue weighted by molar-refractivity contribution is 0.0873. The summed E-state index contributed by atoms with van der Waals surface area (Å²) in [6.07, 6.45) is 10.9. The zero-order valence-corrected chi connectivity index (χ0v) is 27.1. The van der Waals surface area contributed by atoms with Gasteiger partial charge >= 0.3 is 0 Å². The highest BCUT2D eigenvalue weighted by atomic mass is 16.1. The molecule has 8 heteroatoms. The summed E-state index contributed by atoms with van der Waals surface area (Å²) in [5, 5.41) is 6.36. The van der Waals surface area contributed by atoms with Gasteiger partial charge in [-0.15, -0.1) is 0 Å². The summed E-state index contributed by atoms with van der Waals surface area (Å²) >= 11 is 0. The van der Waals surface area contributed by atoms with E-state index in [9.17, 15) is 4.79 Å². The number of pyridine rings is 1. The highest BCUT2D eigenvalue weighted by Crippen LogP contribution is 2.47. The zero-order chi connectivity index (χ0) is 30.9. The smallest absolute Gasteiger partial charge is 0.251 e. The Hall–Kier alpha value is -3.91. The Bertz CT molecular complexity index is 1780. The average Bonchev–Trinajstić information content (AvgIpc) is 3.72. The molecule has 0 bridgehead atoms. The van der Waals surface area contributed by atoms with Gasteiger partial charge in [0.05, 0.1) is 17.5 Å². The van der Waals surface area contributed by atoms with Crippen molar-refractivity contribution < 1.29 is 4.79 Å². The maximum atomic E-state index is 12.6. The fourth-order valence-corrected chi connectivity index (χ4v) is 7.96. The van der Waals surface area contributed by atoms with Crippen LogP contribution >= 0.6 is 0 Å². The molecule has 3 fully saturated rings. The minimum atomic E-state index is -0.0923. The van der Waals surface area contributed by atoms with Crippen molar-refractivity contribution >= 4 is 34.1 Å². The lowest BCUT2D eigenvalue weighted by Crippen LogP contribution is -2.55. The first kappa shape index (κ1) is 28.6. The van der Waals surface area contributed by atoms with Crippen molar-refractivity contribution in [1.29, 1.82) is 0 Å². The predicted octanol–water partition coefficient (Wildman–Crippen LogP) is 6.96. The molecule has 2 aromatic heterocycles. The largest absolute Gasteiger partial charge is 0.367 e. The molecule has 0 unspecified atom stereocenters. The number of amides is 1. The lowest BCUT2D eigenvalue weighted by atomic mass is 9.83. The molecular weight excluding hydrogens is 558 g/mol. The lowest BCUT2D eigenvalue weighted by Gasteiger charge is -2.48. The van der Waals surface area contributed by atoms with Gasteiger partial charge in [0.25, 0.3) is 5.91 Å². The van der Waals surface area contributed by atoms with Gasteiger partial charge in [0.15, 0.2) is 5.82 Å². The van der Waals surface area contributed by atoms with Crippen LogP contribution < -0.4 is 15.5 Å². The quantitative estimate of drug-likeness (QED) is 0.238. The number of aryl methyl sites for hydroxylation is 1. The topological polar surface area (TPSA) is 78.3 Å². The zero-order valence-electron chi connectivity index (χ0n) is 27.1. The number of rotatable bonds is 7. The molecule has 8 rings (SSSR count). The Morgan fingerprint density at radius 3 is 2.51 bits per heavy atom. The van der Waals surface area contributed by atoms with Crippen LogP contribution in [0.1, 0.15) is 86.3 Å². The highest BCUT2D eigenvalue weighted by Gasteiger charge is 2.44. The van der Waals surface area contributed by atoms with E-state index in [4.69, 9.17) is 9.97 Å². The predicted molar refractivity (Wildman–Crippen MR) is 182 cm³/mol. The maximum absolute atomic E-state index is 12.6. The maximum Gasteiger partial charge on any atom is 0.251 e. The van der Waals surface area contributed by atoms with Gasteiger partial charge in [0.1, 0.15) is 5.52 Å². The van der Waals surface area contributed by atoms with Crippen molar-refractivity contribution in [1.82, 2.24) is 24.8 Å². The molecule has 2 aromatic carbocycles. The van der Waals surface area contributed by atoms with Crippen LogP contribution in [-0.4, -0.2) is 64.1 Å². The Morgan fingerprint density at radius 2 is 1.76 bits per heavy atom. The third kappa shape index (κ3) is 5.07. The summed E-state index contributed by atoms with van der Waals surface area (Å²) in [4.78, 5) is 28.1. The number of nitrogens with zero attached hydrogens (tertiary/aromatic N) is 5. The van der Waals surface area contributed by atoms with Crippen molar-refractivity contribution in [3.8, 4) is 11.3 Å². The van der Waals surface area contributed by atoms with Crippen LogP contribution in [0.3, 0.4) is 0 Å². The normalized spacial score (nSPS) is 22.7. The molecule has 234 valence electrons. The van der Waals surface area contributed by atoms with E-state index in [1.54, 1.807) is 7.05 Å². The van der Waals surface area contributed by atoms with Gasteiger partial charge in [0.2, 0.25) is 0 Å². The summed E-state index contributed by atoms with van der Waals surface area (Å²) in [6.45, 7) is 10.4. The Labute approximate surface area is 266 Å². The highest BCUT2D eigenvalue weighted by molar-refractivity contribution is 5.97. The molecule has 45 heavy (non-hydrogen) atoms. The first-order valence-electron chi connectivity index (χ1n) is 16.9. The summed E-state index contributed by atoms with van der Waals surface area (Å²) in [7, 11) is 1.67. The summed E-state index contributed by atoms with van der Waals surface area (Å²) in [5.74, 6) is 0.685. The van der Waals surface area contributed by atoms with Gasteiger partial charge < -0.3 is 25.0 Å². The molecular formula is C37H45N7O. The molecule has 8 nitrogen and oxygen atoms in total. The van der Waals surface area contributed by atoms with Crippen LogP contribution in [0.15, 0.2) is 48.8 Å². The molecule has 2 N–H and O–H groups in total. The van der Waals surface area contributed by atoms with E-state index in [-0.39, 0.29) is 11.3 Å². The minimum absolute atomic E-state index is 0.0923. The van der Waals surface area contributed by atoms with Crippen LogP contribution in [0.5, 0.6) is 0 Å². The number of carbonyl (C=O) groups is 1. The van der Waals surface area contributed by atoms with E-state index >= 15 is 0 Å². The molecule has 4 aliphatic rings. The number of hydrogen-bond donors (Lipinski definition) is 2. The van der Waals surface area contributed by atoms with Gasteiger partial charge in [-0.25, -0.2) is 9.97 Å².